The minimum absolute atomic E-state index is 0.234. The van der Waals surface area contributed by atoms with Crippen molar-refractivity contribution in [1.29, 1.82) is 0 Å². The van der Waals surface area contributed by atoms with Gasteiger partial charge in [0.15, 0.2) is 0 Å². The monoisotopic (exact) mass is 462 g/mol. The molecule has 2 fully saturated rings. The third kappa shape index (κ3) is 7.38. The molecule has 2 aliphatic heterocycles. The highest BCUT2D eigenvalue weighted by Gasteiger charge is 2.44. The Morgan fingerprint density at radius 3 is 2.19 bits per heavy atom. The zero-order valence-electron chi connectivity index (χ0n) is 17.9. The lowest BCUT2D eigenvalue weighted by Gasteiger charge is -2.46. The van der Waals surface area contributed by atoms with Crippen molar-refractivity contribution in [2.75, 3.05) is 26.2 Å². The fourth-order valence-electron chi connectivity index (χ4n) is 4.40. The molecule has 31 heavy (non-hydrogen) atoms. The van der Waals surface area contributed by atoms with Gasteiger partial charge in [0.2, 0.25) is 5.91 Å². The topological polar surface area (TPSA) is 60.9 Å². The molecule has 2 aliphatic rings. The third-order valence-corrected chi connectivity index (χ3v) is 6.00. The van der Waals surface area contributed by atoms with Crippen LogP contribution in [0.2, 0.25) is 5.02 Å². The molecule has 5 nitrogen and oxygen atoms in total. The molecule has 1 aromatic rings. The van der Waals surface area contributed by atoms with Crippen LogP contribution in [0.25, 0.3) is 0 Å². The number of hydrogen-bond acceptors (Lipinski definition) is 3. The van der Waals surface area contributed by atoms with Crippen LogP contribution in [0.15, 0.2) is 24.3 Å². The number of benzene rings is 1. The van der Waals surface area contributed by atoms with Gasteiger partial charge in [-0.25, -0.2) is 4.79 Å². The van der Waals surface area contributed by atoms with Gasteiger partial charge >= 0.3 is 12.1 Å². The highest BCUT2D eigenvalue weighted by molar-refractivity contribution is 6.30. The van der Waals surface area contributed by atoms with Gasteiger partial charge in [0.05, 0.1) is 6.42 Å². The van der Waals surface area contributed by atoms with E-state index in [0.29, 0.717) is 12.3 Å². The number of piperidine rings is 1. The number of nitrogens with zero attached hydrogens (tertiary/aromatic N) is 2. The Morgan fingerprint density at radius 2 is 1.68 bits per heavy atom. The molecule has 0 bridgehead atoms. The molecule has 1 atom stereocenters. The molecule has 1 aromatic carbocycles. The number of halogens is 4. The first kappa shape index (κ1) is 25.5. The molecule has 2 heterocycles. The van der Waals surface area contributed by atoms with Crippen LogP contribution in [-0.4, -0.2) is 64.7 Å². The normalized spacial score (nSPS) is 21.8. The number of carboxylic acids is 1. The van der Waals surface area contributed by atoms with Crippen LogP contribution in [-0.2, 0) is 16.0 Å². The van der Waals surface area contributed by atoms with Gasteiger partial charge < -0.3 is 10.0 Å². The summed E-state index contributed by atoms with van der Waals surface area (Å²) in [6.45, 7) is 8.74. The van der Waals surface area contributed by atoms with Crippen molar-refractivity contribution in [3.05, 3.63) is 34.9 Å². The lowest BCUT2D eigenvalue weighted by Crippen LogP contribution is -2.57. The van der Waals surface area contributed by atoms with Crippen LogP contribution < -0.4 is 0 Å². The van der Waals surface area contributed by atoms with E-state index in [1.165, 1.54) is 25.8 Å². The third-order valence-electron chi connectivity index (χ3n) is 5.75. The largest absolute Gasteiger partial charge is 0.490 e. The van der Waals surface area contributed by atoms with Gasteiger partial charge in [-0.05, 0) is 55.8 Å². The van der Waals surface area contributed by atoms with Crippen molar-refractivity contribution in [3.63, 3.8) is 0 Å². The lowest BCUT2D eigenvalue weighted by atomic mass is 9.85. The number of rotatable bonds is 4. The lowest BCUT2D eigenvalue weighted by molar-refractivity contribution is -0.192. The van der Waals surface area contributed by atoms with Crippen LogP contribution in [0.1, 0.15) is 45.1 Å². The number of amides is 1. The zero-order chi connectivity index (χ0) is 23.2. The average Bonchev–Trinajstić information content (AvgIpc) is 3.04. The molecule has 3 rings (SSSR count). The van der Waals surface area contributed by atoms with Gasteiger partial charge in [-0.2, -0.15) is 13.2 Å². The first-order valence-corrected chi connectivity index (χ1v) is 10.9. The zero-order valence-corrected chi connectivity index (χ0v) is 18.7. The second-order valence-electron chi connectivity index (χ2n) is 8.69. The summed E-state index contributed by atoms with van der Waals surface area (Å²) in [5.74, 6) is -1.82. The van der Waals surface area contributed by atoms with Crippen molar-refractivity contribution in [2.24, 2.45) is 5.92 Å². The highest BCUT2D eigenvalue weighted by atomic mass is 35.5. The Balaban J connectivity index is 0.000000423. The first-order chi connectivity index (χ1) is 14.4. The first-order valence-electron chi connectivity index (χ1n) is 10.5. The molecule has 1 amide bonds. The maximum Gasteiger partial charge on any atom is 0.490 e. The van der Waals surface area contributed by atoms with Crippen molar-refractivity contribution in [2.45, 2.75) is 57.7 Å². The second kappa shape index (κ2) is 10.7. The molecule has 2 saturated heterocycles. The van der Waals surface area contributed by atoms with E-state index in [2.05, 4.69) is 23.6 Å². The van der Waals surface area contributed by atoms with E-state index in [1.54, 1.807) is 0 Å². The predicted molar refractivity (Wildman–Crippen MR) is 113 cm³/mol. The van der Waals surface area contributed by atoms with E-state index in [1.807, 2.05) is 24.3 Å². The molecule has 0 saturated carbocycles. The highest BCUT2D eigenvalue weighted by Crippen LogP contribution is 2.37. The van der Waals surface area contributed by atoms with E-state index in [0.717, 1.165) is 36.6 Å². The molecule has 174 valence electrons. The summed E-state index contributed by atoms with van der Waals surface area (Å²) in [5, 5.41) is 7.85. The molecule has 0 aromatic heterocycles. The summed E-state index contributed by atoms with van der Waals surface area (Å²) in [6, 6.07) is 7.65. The van der Waals surface area contributed by atoms with Crippen LogP contribution >= 0.6 is 11.6 Å². The number of carboxylic acid groups (broad SMARTS) is 1. The van der Waals surface area contributed by atoms with Crippen molar-refractivity contribution in [3.8, 4) is 0 Å². The minimum Gasteiger partial charge on any atom is -0.475 e. The predicted octanol–water partition coefficient (Wildman–Crippen LogP) is 4.63. The number of alkyl halides is 3. The van der Waals surface area contributed by atoms with E-state index in [9.17, 15) is 18.0 Å². The number of carbonyl (C=O) groups is 2. The Morgan fingerprint density at radius 1 is 1.13 bits per heavy atom. The molecule has 1 N–H and O–H groups in total. The number of likely N-dealkylation sites (tertiary alicyclic amines) is 2. The molecule has 1 spiro atoms. The maximum absolute atomic E-state index is 12.8. The smallest absolute Gasteiger partial charge is 0.475 e. The minimum atomic E-state index is -5.08. The molecular formula is C22H30ClF3N2O3. The summed E-state index contributed by atoms with van der Waals surface area (Å²) in [6.07, 6.45) is 0.277. The van der Waals surface area contributed by atoms with E-state index in [-0.39, 0.29) is 11.4 Å². The van der Waals surface area contributed by atoms with Gasteiger partial charge in [0.25, 0.3) is 0 Å². The van der Waals surface area contributed by atoms with Gasteiger partial charge in [-0.3, -0.25) is 9.69 Å². The fraction of sp³-hybridized carbons (Fsp3) is 0.636. The molecular weight excluding hydrogens is 433 g/mol. The second-order valence-corrected chi connectivity index (χ2v) is 9.13. The summed E-state index contributed by atoms with van der Waals surface area (Å²) < 4.78 is 31.7. The molecule has 0 radical (unpaired) electrons. The molecule has 1 unspecified atom stereocenters. The van der Waals surface area contributed by atoms with Crippen molar-refractivity contribution >= 4 is 23.5 Å². The van der Waals surface area contributed by atoms with Gasteiger partial charge in [-0.1, -0.05) is 37.6 Å². The fourth-order valence-corrected chi connectivity index (χ4v) is 4.52. The summed E-state index contributed by atoms with van der Waals surface area (Å²) in [7, 11) is 0. The van der Waals surface area contributed by atoms with Crippen LogP contribution in [0.5, 0.6) is 0 Å². The van der Waals surface area contributed by atoms with Crippen molar-refractivity contribution in [1.82, 2.24) is 9.80 Å². The van der Waals surface area contributed by atoms with Crippen LogP contribution in [0.4, 0.5) is 13.2 Å². The van der Waals surface area contributed by atoms with Crippen LogP contribution in [0, 0.1) is 5.92 Å². The van der Waals surface area contributed by atoms with E-state index < -0.39 is 12.1 Å². The van der Waals surface area contributed by atoms with Gasteiger partial charge in [0.1, 0.15) is 0 Å². The van der Waals surface area contributed by atoms with E-state index in [4.69, 9.17) is 21.5 Å². The number of hydrogen-bond donors (Lipinski definition) is 1. The van der Waals surface area contributed by atoms with Crippen LogP contribution in [0.3, 0.4) is 0 Å². The molecule has 9 heteroatoms. The summed E-state index contributed by atoms with van der Waals surface area (Å²) >= 11 is 5.94. The van der Waals surface area contributed by atoms with Gasteiger partial charge in [-0.15, -0.1) is 0 Å². The SMILES string of the molecule is CC(C)CN1CCCC12CCCN(C(=O)Cc1ccc(Cl)cc1)C2.O=C(O)C(F)(F)F. The summed E-state index contributed by atoms with van der Waals surface area (Å²) in [4.78, 5) is 26.5. The van der Waals surface area contributed by atoms with E-state index >= 15 is 0 Å². The number of aliphatic carboxylic acids is 1. The quantitative estimate of drug-likeness (QED) is 0.708. The van der Waals surface area contributed by atoms with Gasteiger partial charge in [0, 0.05) is 30.2 Å². The Kier molecular flexibility index (Phi) is 8.77. The Labute approximate surface area is 186 Å². The summed E-state index contributed by atoms with van der Waals surface area (Å²) in [5.41, 5.74) is 1.28. The average molecular weight is 463 g/mol. The number of carbonyl (C=O) groups excluding carboxylic acids is 1. The Hall–Kier alpha value is -1.80. The maximum atomic E-state index is 12.8. The van der Waals surface area contributed by atoms with Crippen molar-refractivity contribution < 1.29 is 27.9 Å². The Bertz CT molecular complexity index is 755. The standard InChI is InChI=1S/C20H29ClN2O.C2HF3O2/c1-16(2)14-23-12-4-10-20(23)9-3-11-22(15-20)19(24)13-17-5-7-18(21)8-6-17;3-2(4,5)1(6)7/h5-8,16H,3-4,9-15H2,1-2H3;(H,6,7). The molecule has 0 aliphatic carbocycles.